The highest BCUT2D eigenvalue weighted by molar-refractivity contribution is 5.25. The van der Waals surface area contributed by atoms with Crippen molar-refractivity contribution in [2.75, 3.05) is 0 Å². The fourth-order valence-corrected chi connectivity index (χ4v) is 2.51. The predicted octanol–water partition coefficient (Wildman–Crippen LogP) is 5.73. The van der Waals surface area contributed by atoms with Gasteiger partial charge in [-0.15, -0.1) is 0 Å². The van der Waals surface area contributed by atoms with Crippen LogP contribution in [0.3, 0.4) is 0 Å². The fraction of sp³-hybridized carbons (Fsp3) is 0.667. The average Bonchev–Trinajstić information content (AvgIpc) is 2.42. The first-order chi connectivity index (χ1) is 8.88. The molecule has 0 fully saturated rings. The highest BCUT2D eigenvalue weighted by Gasteiger charge is 1.99. The van der Waals surface area contributed by atoms with Crippen molar-refractivity contribution in [2.24, 2.45) is 0 Å². The van der Waals surface area contributed by atoms with E-state index in [9.17, 15) is 0 Å². The van der Waals surface area contributed by atoms with Crippen LogP contribution in [0.2, 0.25) is 0 Å². The van der Waals surface area contributed by atoms with Gasteiger partial charge in [0.05, 0.1) is 0 Å². The number of unbranched alkanes of at least 4 members (excludes halogenated alkanes) is 7. The molecule has 0 atom stereocenters. The third-order valence-corrected chi connectivity index (χ3v) is 3.70. The Morgan fingerprint density at radius 3 is 2.22 bits per heavy atom. The lowest BCUT2D eigenvalue weighted by molar-refractivity contribution is 0.575. The summed E-state index contributed by atoms with van der Waals surface area (Å²) in [5.74, 6) is 0. The number of benzene rings is 1. The summed E-state index contributed by atoms with van der Waals surface area (Å²) in [6.45, 7) is 4.52. The van der Waals surface area contributed by atoms with Crippen LogP contribution >= 0.6 is 0 Å². The highest BCUT2D eigenvalue weighted by atomic mass is 14.0. The molecule has 18 heavy (non-hydrogen) atoms. The van der Waals surface area contributed by atoms with E-state index in [1.807, 2.05) is 0 Å². The van der Waals surface area contributed by atoms with E-state index in [0.717, 1.165) is 6.42 Å². The van der Waals surface area contributed by atoms with Gasteiger partial charge < -0.3 is 0 Å². The maximum Gasteiger partial charge on any atom is -0.0146 e. The second-order valence-corrected chi connectivity index (χ2v) is 5.25. The number of rotatable bonds is 10. The van der Waals surface area contributed by atoms with Crippen molar-refractivity contribution in [3.05, 3.63) is 35.4 Å². The Kier molecular flexibility index (Phi) is 8.63. The van der Waals surface area contributed by atoms with Crippen LogP contribution in [0.15, 0.2) is 18.2 Å². The third-order valence-electron chi connectivity index (χ3n) is 3.70. The third kappa shape index (κ3) is 6.23. The second kappa shape index (κ2) is 10.2. The van der Waals surface area contributed by atoms with Crippen LogP contribution in [-0.4, -0.2) is 0 Å². The molecule has 0 saturated heterocycles. The molecule has 0 amide bonds. The van der Waals surface area contributed by atoms with Gasteiger partial charge in [0, 0.05) is 0 Å². The Labute approximate surface area is 114 Å². The molecule has 1 radical (unpaired) electrons. The summed E-state index contributed by atoms with van der Waals surface area (Å²) in [4.78, 5) is 0. The topological polar surface area (TPSA) is 0 Å². The zero-order valence-corrected chi connectivity index (χ0v) is 12.3. The molecule has 0 aliphatic carbocycles. The lowest BCUT2D eigenvalue weighted by Crippen LogP contribution is -1.93. The Morgan fingerprint density at radius 1 is 0.889 bits per heavy atom. The molecule has 0 nitrogen and oxygen atoms in total. The van der Waals surface area contributed by atoms with Crippen molar-refractivity contribution >= 4 is 0 Å². The molecule has 0 saturated carbocycles. The van der Waals surface area contributed by atoms with Crippen molar-refractivity contribution in [1.29, 1.82) is 0 Å². The molecular weight excluding hydrogens is 216 g/mol. The summed E-state index contributed by atoms with van der Waals surface area (Å²) in [6.07, 6.45) is 13.6. The molecule has 1 aromatic rings. The largest absolute Gasteiger partial charge is 0.0654 e. The molecule has 0 spiro atoms. The zero-order valence-electron chi connectivity index (χ0n) is 12.3. The Bertz CT molecular complexity index is 301. The van der Waals surface area contributed by atoms with Crippen molar-refractivity contribution < 1.29 is 0 Å². The molecule has 0 bridgehead atoms. The van der Waals surface area contributed by atoms with Crippen LogP contribution < -0.4 is 0 Å². The van der Waals surface area contributed by atoms with E-state index in [1.54, 1.807) is 0 Å². The minimum absolute atomic E-state index is 1.14. The van der Waals surface area contributed by atoms with E-state index >= 15 is 0 Å². The Morgan fingerprint density at radius 2 is 1.56 bits per heavy atom. The fourth-order valence-electron chi connectivity index (χ4n) is 2.51. The molecule has 0 heteroatoms. The van der Waals surface area contributed by atoms with E-state index in [1.165, 1.54) is 68.9 Å². The molecule has 0 aromatic heterocycles. The van der Waals surface area contributed by atoms with Crippen LogP contribution in [0.1, 0.15) is 76.3 Å². The molecular formula is C18H29. The van der Waals surface area contributed by atoms with Gasteiger partial charge in [-0.1, -0.05) is 77.0 Å². The highest BCUT2D eigenvalue weighted by Crippen LogP contribution is 2.14. The SMILES string of the molecule is CCCCCCCCCCc1[c]cccc1CC. The average molecular weight is 245 g/mol. The van der Waals surface area contributed by atoms with Gasteiger partial charge in [-0.2, -0.15) is 0 Å². The Hall–Kier alpha value is -0.780. The van der Waals surface area contributed by atoms with Crippen LogP contribution in [0.5, 0.6) is 0 Å². The van der Waals surface area contributed by atoms with Crippen LogP contribution in [0.25, 0.3) is 0 Å². The summed E-state index contributed by atoms with van der Waals surface area (Å²) in [5.41, 5.74) is 2.94. The minimum atomic E-state index is 1.14. The molecule has 0 aliphatic heterocycles. The van der Waals surface area contributed by atoms with Crippen molar-refractivity contribution in [3.8, 4) is 0 Å². The smallest absolute Gasteiger partial charge is 0.0146 e. The molecule has 1 aromatic carbocycles. The Balaban J connectivity index is 2.07. The van der Waals surface area contributed by atoms with Gasteiger partial charge in [0.15, 0.2) is 0 Å². The first kappa shape index (κ1) is 15.3. The van der Waals surface area contributed by atoms with E-state index in [-0.39, 0.29) is 0 Å². The second-order valence-electron chi connectivity index (χ2n) is 5.25. The monoisotopic (exact) mass is 245 g/mol. The van der Waals surface area contributed by atoms with E-state index < -0.39 is 0 Å². The molecule has 101 valence electrons. The lowest BCUT2D eigenvalue weighted by atomic mass is 9.99. The van der Waals surface area contributed by atoms with Crippen LogP contribution in [0.4, 0.5) is 0 Å². The van der Waals surface area contributed by atoms with Gasteiger partial charge in [0.25, 0.3) is 0 Å². The van der Waals surface area contributed by atoms with Crippen LogP contribution in [-0.2, 0) is 12.8 Å². The maximum atomic E-state index is 3.41. The van der Waals surface area contributed by atoms with E-state index in [0.29, 0.717) is 0 Å². The molecule has 0 heterocycles. The summed E-state index contributed by atoms with van der Waals surface area (Å²) in [7, 11) is 0. The van der Waals surface area contributed by atoms with Crippen molar-refractivity contribution in [3.63, 3.8) is 0 Å². The van der Waals surface area contributed by atoms with Gasteiger partial charge >= 0.3 is 0 Å². The standard InChI is InChI=1S/C18H29/c1-3-5-6-7-8-9-10-11-15-18-16-13-12-14-17(18)4-2/h12-14H,3-11,15H2,1-2H3. The van der Waals surface area contributed by atoms with Crippen molar-refractivity contribution in [1.82, 2.24) is 0 Å². The zero-order chi connectivity index (χ0) is 13.1. The van der Waals surface area contributed by atoms with Gasteiger partial charge in [0.2, 0.25) is 0 Å². The quantitative estimate of drug-likeness (QED) is 0.462. The van der Waals surface area contributed by atoms with Crippen LogP contribution in [0, 0.1) is 6.07 Å². The molecule has 1 rings (SSSR count). The molecule has 0 N–H and O–H groups in total. The minimum Gasteiger partial charge on any atom is -0.0654 e. The summed E-state index contributed by atoms with van der Waals surface area (Å²) < 4.78 is 0. The normalized spacial score (nSPS) is 10.8. The first-order valence-corrected chi connectivity index (χ1v) is 7.87. The predicted molar refractivity (Wildman–Crippen MR) is 81.0 cm³/mol. The van der Waals surface area contributed by atoms with Gasteiger partial charge in [-0.05, 0) is 36.5 Å². The van der Waals surface area contributed by atoms with Gasteiger partial charge in [-0.25, -0.2) is 0 Å². The summed E-state index contributed by atoms with van der Waals surface area (Å²) >= 11 is 0. The first-order valence-electron chi connectivity index (χ1n) is 7.87. The number of aryl methyl sites for hydroxylation is 2. The lowest BCUT2D eigenvalue weighted by Gasteiger charge is -2.06. The van der Waals surface area contributed by atoms with E-state index in [2.05, 4.69) is 38.1 Å². The summed E-state index contributed by atoms with van der Waals surface area (Å²) in [5, 5.41) is 0. The molecule has 0 aliphatic rings. The molecule has 0 unspecified atom stereocenters. The maximum absolute atomic E-state index is 3.41. The number of hydrogen-bond donors (Lipinski definition) is 0. The number of hydrogen-bond acceptors (Lipinski definition) is 0. The van der Waals surface area contributed by atoms with Gasteiger partial charge in [-0.3, -0.25) is 0 Å². The van der Waals surface area contributed by atoms with Gasteiger partial charge in [0.1, 0.15) is 0 Å². The summed E-state index contributed by atoms with van der Waals surface area (Å²) in [6, 6.07) is 9.82. The van der Waals surface area contributed by atoms with Crippen molar-refractivity contribution in [2.45, 2.75) is 78.1 Å². The van der Waals surface area contributed by atoms with E-state index in [4.69, 9.17) is 0 Å².